The minimum atomic E-state index is 0.267. The Labute approximate surface area is 108 Å². The van der Waals surface area contributed by atoms with E-state index in [1.807, 2.05) is 24.3 Å². The number of rotatable bonds is 5. The van der Waals surface area contributed by atoms with Crippen LogP contribution in [-0.2, 0) is 0 Å². The lowest BCUT2D eigenvalue weighted by Gasteiger charge is -2.24. The third-order valence-corrected chi connectivity index (χ3v) is 3.46. The van der Waals surface area contributed by atoms with Gasteiger partial charge in [-0.3, -0.25) is 4.79 Å². The molecule has 1 heterocycles. The fourth-order valence-electron chi connectivity index (χ4n) is 2.49. The lowest BCUT2D eigenvalue weighted by atomic mass is 10.1. The average molecular weight is 247 g/mol. The number of anilines is 1. The Morgan fingerprint density at radius 2 is 2.00 bits per heavy atom. The predicted molar refractivity (Wildman–Crippen MR) is 73.2 cm³/mol. The summed E-state index contributed by atoms with van der Waals surface area (Å²) in [5.74, 6) is 0.267. The van der Waals surface area contributed by atoms with Gasteiger partial charge in [-0.25, -0.2) is 0 Å². The van der Waals surface area contributed by atoms with Gasteiger partial charge in [-0.15, -0.1) is 0 Å². The molecule has 2 rings (SSSR count). The Morgan fingerprint density at radius 1 is 1.17 bits per heavy atom. The second-order valence-corrected chi connectivity index (χ2v) is 4.82. The molecule has 1 N–H and O–H groups in total. The standard InChI is InChI=1S/C15H21NO2/c17-12-5-1-4-10-16-11-6-9-15(18)13-7-2-3-8-14(13)16/h2-3,7-8,17H,1,4-6,9-12H2. The van der Waals surface area contributed by atoms with Crippen molar-refractivity contribution in [2.75, 3.05) is 24.6 Å². The van der Waals surface area contributed by atoms with Crippen molar-refractivity contribution in [1.82, 2.24) is 0 Å². The van der Waals surface area contributed by atoms with Crippen molar-refractivity contribution in [3.8, 4) is 0 Å². The molecule has 0 radical (unpaired) electrons. The molecule has 0 aliphatic carbocycles. The molecule has 0 amide bonds. The Hall–Kier alpha value is -1.35. The van der Waals surface area contributed by atoms with E-state index in [1.165, 1.54) is 0 Å². The zero-order valence-corrected chi connectivity index (χ0v) is 10.8. The van der Waals surface area contributed by atoms with Gasteiger partial charge >= 0.3 is 0 Å². The molecule has 1 aliphatic rings. The molecule has 98 valence electrons. The van der Waals surface area contributed by atoms with Gasteiger partial charge in [-0.2, -0.15) is 0 Å². The topological polar surface area (TPSA) is 40.5 Å². The van der Waals surface area contributed by atoms with Crippen molar-refractivity contribution >= 4 is 11.5 Å². The van der Waals surface area contributed by atoms with Crippen LogP contribution in [0.25, 0.3) is 0 Å². The molecule has 0 fully saturated rings. The SMILES string of the molecule is O=C1CCCN(CCCCCO)c2ccccc21. The van der Waals surface area contributed by atoms with Crippen LogP contribution in [0.2, 0.25) is 0 Å². The molecule has 18 heavy (non-hydrogen) atoms. The number of hydrogen-bond acceptors (Lipinski definition) is 3. The second kappa shape index (κ2) is 6.55. The summed E-state index contributed by atoms with van der Waals surface area (Å²) < 4.78 is 0. The highest BCUT2D eigenvalue weighted by Crippen LogP contribution is 2.26. The molecule has 0 bridgehead atoms. The van der Waals surface area contributed by atoms with Crippen LogP contribution in [-0.4, -0.2) is 30.6 Å². The number of Topliss-reactive ketones (excluding diaryl/α,β-unsaturated/α-hetero) is 1. The Morgan fingerprint density at radius 3 is 2.83 bits per heavy atom. The first kappa shape index (κ1) is 13.1. The third-order valence-electron chi connectivity index (χ3n) is 3.46. The Bertz CT molecular complexity index is 403. The number of carbonyl (C=O) groups excluding carboxylic acids is 1. The van der Waals surface area contributed by atoms with E-state index in [9.17, 15) is 4.79 Å². The van der Waals surface area contributed by atoms with Gasteiger partial charge in [0, 0.05) is 37.4 Å². The van der Waals surface area contributed by atoms with Crippen LogP contribution in [0.15, 0.2) is 24.3 Å². The van der Waals surface area contributed by atoms with Crippen molar-refractivity contribution in [3.63, 3.8) is 0 Å². The number of hydrogen-bond donors (Lipinski definition) is 1. The first-order valence-electron chi connectivity index (χ1n) is 6.81. The number of nitrogens with zero attached hydrogens (tertiary/aromatic N) is 1. The quantitative estimate of drug-likeness (QED) is 0.813. The van der Waals surface area contributed by atoms with Gasteiger partial charge in [-0.05, 0) is 37.8 Å². The molecule has 1 aliphatic heterocycles. The van der Waals surface area contributed by atoms with Crippen molar-refractivity contribution in [2.24, 2.45) is 0 Å². The van der Waals surface area contributed by atoms with Gasteiger partial charge in [0.1, 0.15) is 0 Å². The monoisotopic (exact) mass is 247 g/mol. The molecule has 0 unspecified atom stereocenters. The van der Waals surface area contributed by atoms with Crippen molar-refractivity contribution in [3.05, 3.63) is 29.8 Å². The van der Waals surface area contributed by atoms with E-state index >= 15 is 0 Å². The number of para-hydroxylation sites is 1. The van der Waals surface area contributed by atoms with Gasteiger partial charge in [0.05, 0.1) is 0 Å². The number of benzene rings is 1. The van der Waals surface area contributed by atoms with Crippen molar-refractivity contribution in [2.45, 2.75) is 32.1 Å². The lowest BCUT2D eigenvalue weighted by molar-refractivity contribution is 0.0984. The highest BCUT2D eigenvalue weighted by Gasteiger charge is 2.19. The minimum absolute atomic E-state index is 0.267. The number of aliphatic hydroxyl groups excluding tert-OH is 1. The van der Waals surface area contributed by atoms with Crippen LogP contribution in [0, 0.1) is 0 Å². The van der Waals surface area contributed by atoms with E-state index in [-0.39, 0.29) is 12.4 Å². The number of fused-ring (bicyclic) bond motifs is 1. The fourth-order valence-corrected chi connectivity index (χ4v) is 2.49. The number of aliphatic hydroxyl groups is 1. The fraction of sp³-hybridized carbons (Fsp3) is 0.533. The summed E-state index contributed by atoms with van der Waals surface area (Å²) in [6.45, 7) is 2.21. The molecule has 0 saturated heterocycles. The molecule has 1 aromatic rings. The normalized spacial score (nSPS) is 15.4. The van der Waals surface area contributed by atoms with Gasteiger partial charge < -0.3 is 10.0 Å². The third kappa shape index (κ3) is 3.10. The van der Waals surface area contributed by atoms with E-state index in [0.29, 0.717) is 6.42 Å². The van der Waals surface area contributed by atoms with E-state index < -0.39 is 0 Å². The van der Waals surface area contributed by atoms with Crippen LogP contribution < -0.4 is 4.90 Å². The average Bonchev–Trinajstić information content (AvgIpc) is 2.56. The summed E-state index contributed by atoms with van der Waals surface area (Å²) in [7, 11) is 0. The van der Waals surface area contributed by atoms with Gasteiger partial charge in [0.25, 0.3) is 0 Å². The molecule has 0 spiro atoms. The van der Waals surface area contributed by atoms with E-state index in [4.69, 9.17) is 5.11 Å². The summed E-state index contributed by atoms with van der Waals surface area (Å²) >= 11 is 0. The van der Waals surface area contributed by atoms with E-state index in [2.05, 4.69) is 4.90 Å². The zero-order chi connectivity index (χ0) is 12.8. The molecular weight excluding hydrogens is 226 g/mol. The van der Waals surface area contributed by atoms with Crippen LogP contribution in [0.5, 0.6) is 0 Å². The largest absolute Gasteiger partial charge is 0.396 e. The summed E-state index contributed by atoms with van der Waals surface area (Å²) in [6.07, 6.45) is 4.58. The highest BCUT2D eigenvalue weighted by molar-refractivity contribution is 6.01. The van der Waals surface area contributed by atoms with Crippen LogP contribution in [0.1, 0.15) is 42.5 Å². The summed E-state index contributed by atoms with van der Waals surface area (Å²) in [6, 6.07) is 7.92. The molecule has 0 saturated carbocycles. The van der Waals surface area contributed by atoms with Crippen LogP contribution in [0.4, 0.5) is 5.69 Å². The molecular formula is C15H21NO2. The maximum Gasteiger partial charge on any atom is 0.165 e. The minimum Gasteiger partial charge on any atom is -0.396 e. The van der Waals surface area contributed by atoms with Crippen molar-refractivity contribution in [1.29, 1.82) is 0 Å². The van der Waals surface area contributed by atoms with Gasteiger partial charge in [-0.1, -0.05) is 12.1 Å². The Balaban J connectivity index is 2.06. The lowest BCUT2D eigenvalue weighted by Crippen LogP contribution is -2.25. The molecule has 3 nitrogen and oxygen atoms in total. The zero-order valence-electron chi connectivity index (χ0n) is 10.8. The summed E-state index contributed by atoms with van der Waals surface area (Å²) in [5.41, 5.74) is 1.96. The Kier molecular flexibility index (Phi) is 4.76. The second-order valence-electron chi connectivity index (χ2n) is 4.82. The smallest absolute Gasteiger partial charge is 0.165 e. The predicted octanol–water partition coefficient (Wildman–Crippen LogP) is 2.63. The summed E-state index contributed by atoms with van der Waals surface area (Å²) in [4.78, 5) is 14.3. The number of carbonyl (C=O) groups is 1. The molecule has 1 aromatic carbocycles. The van der Waals surface area contributed by atoms with E-state index in [0.717, 1.165) is 50.0 Å². The van der Waals surface area contributed by atoms with E-state index in [1.54, 1.807) is 0 Å². The van der Waals surface area contributed by atoms with Crippen LogP contribution >= 0.6 is 0 Å². The first-order chi connectivity index (χ1) is 8.83. The van der Waals surface area contributed by atoms with Crippen LogP contribution in [0.3, 0.4) is 0 Å². The number of ketones is 1. The number of unbranched alkanes of at least 4 members (excludes halogenated alkanes) is 2. The van der Waals surface area contributed by atoms with Crippen molar-refractivity contribution < 1.29 is 9.90 Å². The summed E-state index contributed by atoms with van der Waals surface area (Å²) in [5, 5.41) is 8.78. The maximum atomic E-state index is 12.0. The molecule has 0 atom stereocenters. The molecule has 0 aromatic heterocycles. The maximum absolute atomic E-state index is 12.0. The van der Waals surface area contributed by atoms with Gasteiger partial charge in [0.2, 0.25) is 0 Å². The first-order valence-corrected chi connectivity index (χ1v) is 6.81. The molecule has 3 heteroatoms. The van der Waals surface area contributed by atoms with Gasteiger partial charge in [0.15, 0.2) is 5.78 Å². The highest BCUT2D eigenvalue weighted by atomic mass is 16.2.